The van der Waals surface area contributed by atoms with Gasteiger partial charge in [0.05, 0.1) is 17.5 Å². The van der Waals surface area contributed by atoms with Crippen LogP contribution >= 0.6 is 0 Å². The van der Waals surface area contributed by atoms with Crippen LogP contribution in [0, 0.1) is 13.8 Å². The first-order valence-corrected chi connectivity index (χ1v) is 8.56. The number of benzene rings is 2. The molecular formula is C21H22N2O3. The number of nitrogens with one attached hydrogen (secondary N) is 1. The second kappa shape index (κ2) is 7.04. The minimum Gasteiger partial charge on any atom is -0.494 e. The van der Waals surface area contributed by atoms with Gasteiger partial charge >= 0.3 is 0 Å². The maximum absolute atomic E-state index is 12.9. The van der Waals surface area contributed by atoms with Crippen molar-refractivity contribution in [3.8, 4) is 5.75 Å². The van der Waals surface area contributed by atoms with Crippen molar-refractivity contribution in [1.82, 2.24) is 4.57 Å². The lowest BCUT2D eigenvalue weighted by atomic mass is 10.1. The van der Waals surface area contributed by atoms with Crippen molar-refractivity contribution in [2.45, 2.75) is 20.8 Å². The highest BCUT2D eigenvalue weighted by molar-refractivity contribution is 6.06. The molecule has 0 aliphatic rings. The number of carbonyl (C=O) groups is 1. The molecule has 134 valence electrons. The second-order valence-corrected chi connectivity index (χ2v) is 6.32. The van der Waals surface area contributed by atoms with Gasteiger partial charge in [0.25, 0.3) is 5.91 Å². The van der Waals surface area contributed by atoms with Crippen LogP contribution in [0.3, 0.4) is 0 Å². The van der Waals surface area contributed by atoms with Crippen LogP contribution in [0.2, 0.25) is 0 Å². The molecule has 1 aromatic heterocycles. The van der Waals surface area contributed by atoms with Crippen LogP contribution in [-0.4, -0.2) is 17.1 Å². The molecule has 2 aromatic carbocycles. The number of amides is 1. The van der Waals surface area contributed by atoms with Gasteiger partial charge in [0, 0.05) is 18.9 Å². The highest BCUT2D eigenvalue weighted by atomic mass is 16.5. The molecule has 0 atom stereocenters. The van der Waals surface area contributed by atoms with Gasteiger partial charge in [-0.1, -0.05) is 18.2 Å². The quantitative estimate of drug-likeness (QED) is 0.778. The molecule has 0 unspecified atom stereocenters. The molecule has 0 saturated heterocycles. The fourth-order valence-corrected chi connectivity index (χ4v) is 3.08. The van der Waals surface area contributed by atoms with E-state index >= 15 is 0 Å². The SMILES string of the molecule is CCOc1ccc2c(c1)c(=O)c(C(=O)Nc1c(C)cccc1C)cn2C. The lowest BCUT2D eigenvalue weighted by Crippen LogP contribution is -2.24. The number of hydrogen-bond donors (Lipinski definition) is 1. The number of rotatable bonds is 4. The molecule has 3 rings (SSSR count). The summed E-state index contributed by atoms with van der Waals surface area (Å²) in [5.74, 6) is 0.205. The predicted molar refractivity (Wildman–Crippen MR) is 104 cm³/mol. The van der Waals surface area contributed by atoms with Crippen LogP contribution in [0.25, 0.3) is 10.9 Å². The number of aryl methyl sites for hydroxylation is 3. The second-order valence-electron chi connectivity index (χ2n) is 6.32. The molecule has 0 aliphatic heterocycles. The Bertz CT molecular complexity index is 1030. The third-order valence-electron chi connectivity index (χ3n) is 4.44. The maximum atomic E-state index is 12.9. The van der Waals surface area contributed by atoms with Crippen LogP contribution in [0.15, 0.2) is 47.4 Å². The summed E-state index contributed by atoms with van der Waals surface area (Å²) in [6.45, 7) is 6.25. The number of carbonyl (C=O) groups excluding carboxylic acids is 1. The Kier molecular flexibility index (Phi) is 4.80. The van der Waals surface area contributed by atoms with Crippen LogP contribution in [-0.2, 0) is 7.05 Å². The number of hydrogen-bond acceptors (Lipinski definition) is 3. The van der Waals surface area contributed by atoms with E-state index in [2.05, 4.69) is 5.32 Å². The van der Waals surface area contributed by atoms with E-state index in [0.29, 0.717) is 17.7 Å². The van der Waals surface area contributed by atoms with Gasteiger partial charge in [0.1, 0.15) is 11.3 Å². The highest BCUT2D eigenvalue weighted by Gasteiger charge is 2.16. The third kappa shape index (κ3) is 3.20. The summed E-state index contributed by atoms with van der Waals surface area (Å²) < 4.78 is 7.27. The van der Waals surface area contributed by atoms with Gasteiger partial charge in [0.2, 0.25) is 5.43 Å². The normalized spacial score (nSPS) is 10.8. The molecule has 0 spiro atoms. The van der Waals surface area contributed by atoms with Crippen molar-refractivity contribution in [3.05, 3.63) is 69.5 Å². The average Bonchev–Trinajstić information content (AvgIpc) is 2.61. The van der Waals surface area contributed by atoms with Gasteiger partial charge in [-0.25, -0.2) is 0 Å². The minimum atomic E-state index is -0.410. The molecule has 1 amide bonds. The Balaban J connectivity index is 2.08. The largest absolute Gasteiger partial charge is 0.494 e. The molecule has 3 aromatic rings. The standard InChI is InChI=1S/C21H22N2O3/c1-5-26-15-9-10-18-16(11-15)20(24)17(12-23(18)4)21(25)22-19-13(2)7-6-8-14(19)3/h6-12H,5H2,1-4H3,(H,22,25). The number of aromatic nitrogens is 1. The van der Waals surface area contributed by atoms with Crippen molar-refractivity contribution in [1.29, 1.82) is 0 Å². The summed E-state index contributed by atoms with van der Waals surface area (Å²) in [6, 6.07) is 11.1. The number of pyridine rings is 1. The number of anilines is 1. The number of para-hydroxylation sites is 1. The van der Waals surface area contributed by atoms with Crippen LogP contribution in [0.5, 0.6) is 5.75 Å². The summed E-state index contributed by atoms with van der Waals surface area (Å²) in [4.78, 5) is 25.7. The van der Waals surface area contributed by atoms with E-state index in [1.165, 1.54) is 0 Å². The topological polar surface area (TPSA) is 60.3 Å². The van der Waals surface area contributed by atoms with Crippen molar-refractivity contribution in [3.63, 3.8) is 0 Å². The molecule has 26 heavy (non-hydrogen) atoms. The molecule has 1 heterocycles. The molecule has 0 aliphatic carbocycles. The summed E-state index contributed by atoms with van der Waals surface area (Å²) in [5, 5.41) is 3.35. The molecule has 5 heteroatoms. The predicted octanol–water partition coefficient (Wildman–Crippen LogP) is 3.81. The Morgan fingerprint density at radius 3 is 2.50 bits per heavy atom. The molecule has 0 radical (unpaired) electrons. The smallest absolute Gasteiger partial charge is 0.261 e. The van der Waals surface area contributed by atoms with Gasteiger partial charge in [-0.2, -0.15) is 0 Å². The van der Waals surface area contributed by atoms with Crippen molar-refractivity contribution in [2.24, 2.45) is 7.05 Å². The minimum absolute atomic E-state index is 0.108. The Morgan fingerprint density at radius 1 is 1.15 bits per heavy atom. The molecule has 0 bridgehead atoms. The molecule has 5 nitrogen and oxygen atoms in total. The third-order valence-corrected chi connectivity index (χ3v) is 4.44. The van der Waals surface area contributed by atoms with E-state index in [1.54, 1.807) is 16.8 Å². The first-order chi connectivity index (χ1) is 12.4. The van der Waals surface area contributed by atoms with E-state index in [4.69, 9.17) is 4.74 Å². The zero-order chi connectivity index (χ0) is 18.8. The zero-order valence-electron chi connectivity index (χ0n) is 15.4. The van der Waals surface area contributed by atoms with Crippen LogP contribution < -0.4 is 15.5 Å². The van der Waals surface area contributed by atoms with E-state index in [9.17, 15) is 9.59 Å². The van der Waals surface area contributed by atoms with E-state index < -0.39 is 5.91 Å². The summed E-state index contributed by atoms with van der Waals surface area (Å²) in [5.41, 5.74) is 3.20. The van der Waals surface area contributed by atoms with E-state index in [1.807, 2.05) is 58.2 Å². The lowest BCUT2D eigenvalue weighted by Gasteiger charge is -2.13. The van der Waals surface area contributed by atoms with Crippen molar-refractivity contribution in [2.75, 3.05) is 11.9 Å². The lowest BCUT2D eigenvalue weighted by molar-refractivity contribution is 0.102. The number of fused-ring (bicyclic) bond motifs is 1. The van der Waals surface area contributed by atoms with Crippen molar-refractivity contribution < 1.29 is 9.53 Å². The van der Waals surface area contributed by atoms with E-state index in [0.717, 1.165) is 22.3 Å². The average molecular weight is 350 g/mol. The van der Waals surface area contributed by atoms with Gasteiger partial charge in [-0.05, 0) is 50.1 Å². The van der Waals surface area contributed by atoms with Crippen LogP contribution in [0.1, 0.15) is 28.4 Å². The van der Waals surface area contributed by atoms with E-state index in [-0.39, 0.29) is 11.0 Å². The summed E-state index contributed by atoms with van der Waals surface area (Å²) in [7, 11) is 1.82. The number of ether oxygens (including phenoxy) is 1. The molecule has 0 fully saturated rings. The highest BCUT2D eigenvalue weighted by Crippen LogP contribution is 2.21. The summed E-state index contributed by atoms with van der Waals surface area (Å²) >= 11 is 0. The molecule has 0 saturated carbocycles. The Hall–Kier alpha value is -3.08. The first-order valence-electron chi connectivity index (χ1n) is 8.56. The van der Waals surface area contributed by atoms with Gasteiger partial charge < -0.3 is 14.6 Å². The Labute approximate surface area is 152 Å². The van der Waals surface area contributed by atoms with Crippen LogP contribution in [0.4, 0.5) is 5.69 Å². The van der Waals surface area contributed by atoms with Gasteiger partial charge in [0.15, 0.2) is 0 Å². The number of nitrogens with zero attached hydrogens (tertiary/aromatic N) is 1. The fourth-order valence-electron chi connectivity index (χ4n) is 3.08. The molecular weight excluding hydrogens is 328 g/mol. The van der Waals surface area contributed by atoms with Crippen molar-refractivity contribution >= 4 is 22.5 Å². The monoisotopic (exact) mass is 350 g/mol. The van der Waals surface area contributed by atoms with Gasteiger partial charge in [-0.15, -0.1) is 0 Å². The fraction of sp³-hybridized carbons (Fsp3) is 0.238. The first kappa shape index (κ1) is 17.7. The van der Waals surface area contributed by atoms with Gasteiger partial charge in [-0.3, -0.25) is 9.59 Å². The summed E-state index contributed by atoms with van der Waals surface area (Å²) in [6.07, 6.45) is 1.58. The Morgan fingerprint density at radius 2 is 1.85 bits per heavy atom. The zero-order valence-corrected chi connectivity index (χ0v) is 15.4. The maximum Gasteiger partial charge on any atom is 0.261 e. The molecule has 1 N–H and O–H groups in total.